The Morgan fingerprint density at radius 2 is 2.47 bits per heavy atom. The second kappa shape index (κ2) is 3.66. The monoisotopic (exact) mass is 209 g/mol. The van der Waals surface area contributed by atoms with Gasteiger partial charge in [0.25, 0.3) is 0 Å². The van der Waals surface area contributed by atoms with Crippen molar-refractivity contribution in [2.75, 3.05) is 0 Å². The van der Waals surface area contributed by atoms with Crippen molar-refractivity contribution in [3.8, 4) is 0 Å². The summed E-state index contributed by atoms with van der Waals surface area (Å²) in [4.78, 5) is 11.0. The normalized spacial score (nSPS) is 31.4. The first-order chi connectivity index (χ1) is 7.12. The summed E-state index contributed by atoms with van der Waals surface area (Å²) < 4.78 is 1.81. The maximum atomic E-state index is 11.0. The van der Waals surface area contributed by atoms with E-state index in [0.29, 0.717) is 12.8 Å². The number of hydrogen-bond acceptors (Lipinski definition) is 3. The van der Waals surface area contributed by atoms with Gasteiger partial charge in [-0.1, -0.05) is 0 Å². The summed E-state index contributed by atoms with van der Waals surface area (Å²) in [5.41, 5.74) is 4.78. The van der Waals surface area contributed by atoms with Gasteiger partial charge in [-0.2, -0.15) is 5.10 Å². The molecule has 82 valence electrons. The highest BCUT2D eigenvalue weighted by atomic mass is 16.4. The first kappa shape index (κ1) is 10.2. The van der Waals surface area contributed by atoms with Crippen LogP contribution in [0, 0.1) is 0 Å². The van der Waals surface area contributed by atoms with Crippen molar-refractivity contribution in [2.24, 2.45) is 5.73 Å². The molecule has 0 bridgehead atoms. The molecule has 2 atom stereocenters. The van der Waals surface area contributed by atoms with Crippen LogP contribution in [0.3, 0.4) is 0 Å². The van der Waals surface area contributed by atoms with E-state index in [4.69, 9.17) is 10.8 Å². The van der Waals surface area contributed by atoms with Crippen LogP contribution in [0.5, 0.6) is 0 Å². The predicted molar refractivity (Wildman–Crippen MR) is 54.3 cm³/mol. The quantitative estimate of drug-likeness (QED) is 0.754. The van der Waals surface area contributed by atoms with Gasteiger partial charge in [0.1, 0.15) is 5.54 Å². The summed E-state index contributed by atoms with van der Waals surface area (Å²) >= 11 is 0. The number of nitrogens with two attached hydrogens (primary N) is 1. The third-order valence-corrected chi connectivity index (χ3v) is 3.09. The lowest BCUT2D eigenvalue weighted by Crippen LogP contribution is -2.51. The molecule has 0 spiro atoms. The Labute approximate surface area is 87.9 Å². The molecule has 5 nitrogen and oxygen atoms in total. The van der Waals surface area contributed by atoms with E-state index < -0.39 is 11.5 Å². The maximum Gasteiger partial charge on any atom is 0.323 e. The van der Waals surface area contributed by atoms with Crippen molar-refractivity contribution in [2.45, 2.75) is 37.3 Å². The highest BCUT2D eigenvalue weighted by Gasteiger charge is 2.40. The molecule has 0 radical (unpaired) electrons. The third kappa shape index (κ3) is 1.87. The Kier molecular flexibility index (Phi) is 2.48. The van der Waals surface area contributed by atoms with Crippen LogP contribution in [0.15, 0.2) is 18.5 Å². The zero-order chi connectivity index (χ0) is 10.9. The zero-order valence-corrected chi connectivity index (χ0v) is 8.47. The number of rotatable bonds is 2. The van der Waals surface area contributed by atoms with Crippen molar-refractivity contribution in [1.29, 1.82) is 0 Å². The lowest BCUT2D eigenvalue weighted by molar-refractivity contribution is -0.145. The summed E-state index contributed by atoms with van der Waals surface area (Å²) in [5, 5.41) is 13.2. The smallest absolute Gasteiger partial charge is 0.323 e. The number of carbonyl (C=O) groups is 1. The van der Waals surface area contributed by atoms with E-state index >= 15 is 0 Å². The number of hydrogen-bond donors (Lipinski definition) is 2. The van der Waals surface area contributed by atoms with Crippen LogP contribution in [-0.2, 0) is 4.79 Å². The van der Waals surface area contributed by atoms with Gasteiger partial charge in [-0.05, 0) is 31.7 Å². The molecule has 0 amide bonds. The van der Waals surface area contributed by atoms with Crippen LogP contribution in [0.25, 0.3) is 0 Å². The Balaban J connectivity index is 2.14. The van der Waals surface area contributed by atoms with Crippen molar-refractivity contribution >= 4 is 5.97 Å². The predicted octanol–water partition coefficient (Wildman–Crippen LogP) is 0.780. The molecular formula is C10H15N3O2. The molecule has 3 N–H and O–H groups in total. The average molecular weight is 209 g/mol. The van der Waals surface area contributed by atoms with E-state index in [1.165, 1.54) is 0 Å². The summed E-state index contributed by atoms with van der Waals surface area (Å²) in [6.07, 6.45) is 6.37. The molecule has 0 aromatic carbocycles. The molecule has 1 aliphatic carbocycles. The zero-order valence-electron chi connectivity index (χ0n) is 8.47. The van der Waals surface area contributed by atoms with E-state index in [-0.39, 0.29) is 6.04 Å². The molecule has 1 aliphatic rings. The molecule has 2 rings (SSSR count). The second-order valence-electron chi connectivity index (χ2n) is 4.20. The summed E-state index contributed by atoms with van der Waals surface area (Å²) in [7, 11) is 0. The summed E-state index contributed by atoms with van der Waals surface area (Å²) in [5.74, 6) is -0.903. The standard InChI is InChI=1S/C10H15N3O2/c11-10(9(14)15)4-1-3-8(7-10)13-6-2-5-12-13/h2,5-6,8H,1,3-4,7,11H2,(H,14,15). The number of carboxylic acids is 1. The first-order valence-electron chi connectivity index (χ1n) is 5.13. The molecule has 1 aromatic heterocycles. The number of carboxylic acid groups (broad SMARTS) is 1. The van der Waals surface area contributed by atoms with Crippen LogP contribution in [-0.4, -0.2) is 26.4 Å². The van der Waals surface area contributed by atoms with Gasteiger partial charge >= 0.3 is 5.97 Å². The van der Waals surface area contributed by atoms with Crippen LogP contribution in [0.2, 0.25) is 0 Å². The minimum absolute atomic E-state index is 0.120. The molecule has 15 heavy (non-hydrogen) atoms. The molecule has 1 heterocycles. The lowest BCUT2D eigenvalue weighted by Gasteiger charge is -2.34. The number of aromatic nitrogens is 2. The molecule has 0 saturated heterocycles. The lowest BCUT2D eigenvalue weighted by atomic mass is 9.80. The van der Waals surface area contributed by atoms with Crippen LogP contribution >= 0.6 is 0 Å². The molecule has 2 unspecified atom stereocenters. The Morgan fingerprint density at radius 1 is 1.67 bits per heavy atom. The topological polar surface area (TPSA) is 81.1 Å². The average Bonchev–Trinajstić information content (AvgIpc) is 2.70. The van der Waals surface area contributed by atoms with Gasteiger partial charge in [-0.15, -0.1) is 0 Å². The fraction of sp³-hybridized carbons (Fsp3) is 0.600. The van der Waals surface area contributed by atoms with E-state index in [1.54, 1.807) is 6.20 Å². The van der Waals surface area contributed by atoms with Crippen molar-refractivity contribution in [3.63, 3.8) is 0 Å². The van der Waals surface area contributed by atoms with E-state index in [1.807, 2.05) is 16.9 Å². The third-order valence-electron chi connectivity index (χ3n) is 3.09. The molecular weight excluding hydrogens is 194 g/mol. The van der Waals surface area contributed by atoms with Gasteiger partial charge < -0.3 is 10.8 Å². The van der Waals surface area contributed by atoms with E-state index in [0.717, 1.165) is 12.8 Å². The molecule has 1 saturated carbocycles. The number of nitrogens with zero attached hydrogens (tertiary/aromatic N) is 2. The molecule has 1 aromatic rings. The number of aliphatic carboxylic acids is 1. The Morgan fingerprint density at radius 3 is 3.07 bits per heavy atom. The highest BCUT2D eigenvalue weighted by Crippen LogP contribution is 2.33. The van der Waals surface area contributed by atoms with Gasteiger partial charge in [0.15, 0.2) is 0 Å². The largest absolute Gasteiger partial charge is 0.480 e. The fourth-order valence-corrected chi connectivity index (χ4v) is 2.19. The SMILES string of the molecule is NC1(C(=O)O)CCCC(n2cccn2)C1. The minimum Gasteiger partial charge on any atom is -0.480 e. The molecule has 1 fully saturated rings. The second-order valence-corrected chi connectivity index (χ2v) is 4.20. The summed E-state index contributed by atoms with van der Waals surface area (Å²) in [6.45, 7) is 0. The van der Waals surface area contributed by atoms with Gasteiger partial charge in [-0.25, -0.2) is 0 Å². The Hall–Kier alpha value is -1.36. The minimum atomic E-state index is -1.07. The Bertz CT molecular complexity index is 350. The van der Waals surface area contributed by atoms with Crippen LogP contribution in [0.4, 0.5) is 0 Å². The van der Waals surface area contributed by atoms with Gasteiger partial charge in [0.2, 0.25) is 0 Å². The maximum absolute atomic E-state index is 11.0. The van der Waals surface area contributed by atoms with Crippen molar-refractivity contribution in [3.05, 3.63) is 18.5 Å². The molecule has 5 heteroatoms. The fourth-order valence-electron chi connectivity index (χ4n) is 2.19. The highest BCUT2D eigenvalue weighted by molar-refractivity contribution is 5.78. The van der Waals surface area contributed by atoms with Crippen molar-refractivity contribution < 1.29 is 9.90 Å². The van der Waals surface area contributed by atoms with Gasteiger partial charge in [0.05, 0.1) is 6.04 Å². The van der Waals surface area contributed by atoms with Crippen molar-refractivity contribution in [1.82, 2.24) is 9.78 Å². The van der Waals surface area contributed by atoms with Gasteiger partial charge in [0, 0.05) is 12.4 Å². The first-order valence-corrected chi connectivity index (χ1v) is 5.13. The van der Waals surface area contributed by atoms with E-state index in [2.05, 4.69) is 5.10 Å². The van der Waals surface area contributed by atoms with Gasteiger partial charge in [-0.3, -0.25) is 9.48 Å². The van der Waals surface area contributed by atoms with Crippen LogP contribution < -0.4 is 5.73 Å². The van der Waals surface area contributed by atoms with E-state index in [9.17, 15) is 4.79 Å². The molecule has 0 aliphatic heterocycles. The summed E-state index contributed by atoms with van der Waals surface area (Å²) in [6, 6.07) is 1.96. The van der Waals surface area contributed by atoms with Crippen LogP contribution in [0.1, 0.15) is 31.7 Å².